The molecule has 0 aromatic heterocycles. The number of ketones is 1. The topological polar surface area (TPSA) is 17.1 Å². The van der Waals surface area contributed by atoms with Crippen LogP contribution in [0.4, 0.5) is 13.2 Å². The van der Waals surface area contributed by atoms with Crippen molar-refractivity contribution in [2.45, 2.75) is 26.9 Å². The zero-order valence-corrected chi connectivity index (χ0v) is 9.35. The minimum absolute atomic E-state index is 0.242. The molecular formula is C12H13F3O. The fraction of sp³-hybridized carbons (Fsp3) is 0.417. The zero-order valence-electron chi connectivity index (χ0n) is 9.35. The van der Waals surface area contributed by atoms with Gasteiger partial charge in [-0.25, -0.2) is 0 Å². The molecule has 0 heterocycles. The molecule has 0 aliphatic rings. The molecule has 1 aromatic rings. The highest BCUT2D eigenvalue weighted by atomic mass is 19.4. The third-order valence-corrected chi connectivity index (χ3v) is 2.27. The first-order chi connectivity index (χ1) is 7.23. The summed E-state index contributed by atoms with van der Waals surface area (Å²) in [6, 6.07) is 3.78. The lowest BCUT2D eigenvalue weighted by molar-refractivity contribution is -0.138. The number of carbonyl (C=O) groups excluding carboxylic acids is 1. The van der Waals surface area contributed by atoms with E-state index < -0.39 is 23.4 Å². The molecule has 0 amide bonds. The molecular weight excluding hydrogens is 217 g/mol. The maximum atomic E-state index is 12.7. The lowest BCUT2D eigenvalue weighted by Crippen LogP contribution is -2.16. The number of hydrogen-bond donors (Lipinski definition) is 0. The molecule has 4 heteroatoms. The smallest absolute Gasteiger partial charge is 0.294 e. The first kappa shape index (κ1) is 12.7. The molecule has 0 aliphatic heterocycles. The lowest BCUT2D eigenvalue weighted by atomic mass is 9.95. The summed E-state index contributed by atoms with van der Waals surface area (Å²) in [5, 5.41) is 0. The molecule has 1 nitrogen and oxygen atoms in total. The standard InChI is InChI=1S/C12H13F3O/c1-7(2)11(16)9-5-4-8(3)6-10(9)12(13,14)15/h4-7H,1-3H3. The van der Waals surface area contributed by atoms with Gasteiger partial charge in [-0.05, 0) is 13.0 Å². The largest absolute Gasteiger partial charge is 0.417 e. The average molecular weight is 230 g/mol. The SMILES string of the molecule is Cc1ccc(C(=O)C(C)C)c(C(F)(F)F)c1. The monoisotopic (exact) mass is 230 g/mol. The molecule has 1 rings (SSSR count). The van der Waals surface area contributed by atoms with E-state index in [9.17, 15) is 18.0 Å². The highest BCUT2D eigenvalue weighted by Gasteiger charge is 2.35. The molecule has 0 unspecified atom stereocenters. The van der Waals surface area contributed by atoms with Gasteiger partial charge in [0.05, 0.1) is 5.56 Å². The van der Waals surface area contributed by atoms with Gasteiger partial charge < -0.3 is 0 Å². The molecule has 0 spiro atoms. The molecule has 0 aliphatic carbocycles. The summed E-state index contributed by atoms with van der Waals surface area (Å²) in [6.45, 7) is 4.74. The Kier molecular flexibility index (Phi) is 3.41. The van der Waals surface area contributed by atoms with Crippen LogP contribution in [0.25, 0.3) is 0 Å². The van der Waals surface area contributed by atoms with E-state index in [1.165, 1.54) is 12.1 Å². The van der Waals surface area contributed by atoms with E-state index in [-0.39, 0.29) is 5.56 Å². The van der Waals surface area contributed by atoms with Gasteiger partial charge >= 0.3 is 6.18 Å². The van der Waals surface area contributed by atoms with Crippen LogP contribution in [-0.2, 0) is 6.18 Å². The van der Waals surface area contributed by atoms with E-state index >= 15 is 0 Å². The Bertz CT molecular complexity index is 405. The summed E-state index contributed by atoms with van der Waals surface area (Å²) in [6.07, 6.45) is -4.48. The Hall–Kier alpha value is -1.32. The minimum atomic E-state index is -4.48. The summed E-state index contributed by atoms with van der Waals surface area (Å²) in [4.78, 5) is 11.6. The van der Waals surface area contributed by atoms with Crippen LogP contribution in [0.2, 0.25) is 0 Å². The van der Waals surface area contributed by atoms with E-state index in [4.69, 9.17) is 0 Å². The molecule has 0 radical (unpaired) electrons. The van der Waals surface area contributed by atoms with E-state index in [1.54, 1.807) is 20.8 Å². The lowest BCUT2D eigenvalue weighted by Gasteiger charge is -2.14. The molecule has 1 aromatic carbocycles. The molecule has 0 saturated carbocycles. The summed E-state index contributed by atoms with van der Waals surface area (Å²) in [5.74, 6) is -0.920. The van der Waals surface area contributed by atoms with Crippen molar-refractivity contribution in [3.8, 4) is 0 Å². The number of rotatable bonds is 2. The Labute approximate surface area is 92.3 Å². The van der Waals surface area contributed by atoms with Gasteiger partial charge in [0, 0.05) is 11.5 Å². The number of Topliss-reactive ketones (excluding diaryl/α,β-unsaturated/α-hetero) is 1. The normalized spacial score (nSPS) is 11.9. The van der Waals surface area contributed by atoms with Crippen molar-refractivity contribution in [1.29, 1.82) is 0 Å². The van der Waals surface area contributed by atoms with Gasteiger partial charge in [0.1, 0.15) is 0 Å². The molecule has 88 valence electrons. The second-order valence-electron chi connectivity index (χ2n) is 4.07. The van der Waals surface area contributed by atoms with Crippen LogP contribution in [0.5, 0.6) is 0 Å². The quantitative estimate of drug-likeness (QED) is 0.705. The van der Waals surface area contributed by atoms with Gasteiger partial charge in [-0.3, -0.25) is 4.79 Å². The number of alkyl halides is 3. The van der Waals surface area contributed by atoms with E-state index in [0.717, 1.165) is 6.07 Å². The van der Waals surface area contributed by atoms with Crippen molar-refractivity contribution in [2.24, 2.45) is 5.92 Å². The van der Waals surface area contributed by atoms with E-state index in [1.807, 2.05) is 0 Å². The van der Waals surface area contributed by atoms with Crippen molar-refractivity contribution in [3.05, 3.63) is 34.9 Å². The third-order valence-electron chi connectivity index (χ3n) is 2.27. The number of benzene rings is 1. The Balaban J connectivity index is 3.34. The Morgan fingerprint density at radius 3 is 2.25 bits per heavy atom. The van der Waals surface area contributed by atoms with Crippen molar-refractivity contribution < 1.29 is 18.0 Å². The van der Waals surface area contributed by atoms with Gasteiger partial charge in [-0.15, -0.1) is 0 Å². The van der Waals surface area contributed by atoms with Crippen LogP contribution in [0.1, 0.15) is 35.3 Å². The molecule has 0 saturated heterocycles. The van der Waals surface area contributed by atoms with Crippen LogP contribution in [-0.4, -0.2) is 5.78 Å². The first-order valence-electron chi connectivity index (χ1n) is 4.95. The van der Waals surface area contributed by atoms with Gasteiger partial charge in [0.2, 0.25) is 0 Å². The maximum absolute atomic E-state index is 12.7. The van der Waals surface area contributed by atoms with Crippen LogP contribution < -0.4 is 0 Å². The predicted octanol–water partition coefficient (Wildman–Crippen LogP) is 3.85. The second-order valence-corrected chi connectivity index (χ2v) is 4.07. The van der Waals surface area contributed by atoms with Crippen LogP contribution in [0.3, 0.4) is 0 Å². The van der Waals surface area contributed by atoms with Crippen LogP contribution >= 0.6 is 0 Å². The molecule has 0 bridgehead atoms. The molecule has 0 N–H and O–H groups in total. The Morgan fingerprint density at radius 1 is 1.25 bits per heavy atom. The number of aryl methyl sites for hydroxylation is 1. The number of halogens is 3. The van der Waals surface area contributed by atoms with Gasteiger partial charge in [-0.1, -0.05) is 31.5 Å². The first-order valence-corrected chi connectivity index (χ1v) is 4.95. The second kappa shape index (κ2) is 4.28. The minimum Gasteiger partial charge on any atom is -0.294 e. The summed E-state index contributed by atoms with van der Waals surface area (Å²) >= 11 is 0. The zero-order chi connectivity index (χ0) is 12.5. The number of carbonyl (C=O) groups is 1. The fourth-order valence-corrected chi connectivity index (χ4v) is 1.42. The van der Waals surface area contributed by atoms with Crippen LogP contribution in [0, 0.1) is 12.8 Å². The van der Waals surface area contributed by atoms with Crippen LogP contribution in [0.15, 0.2) is 18.2 Å². The molecule has 0 atom stereocenters. The maximum Gasteiger partial charge on any atom is 0.417 e. The van der Waals surface area contributed by atoms with Crippen molar-refractivity contribution in [3.63, 3.8) is 0 Å². The third kappa shape index (κ3) is 2.62. The number of hydrogen-bond acceptors (Lipinski definition) is 1. The van der Waals surface area contributed by atoms with Crippen molar-refractivity contribution in [1.82, 2.24) is 0 Å². The van der Waals surface area contributed by atoms with Gasteiger partial charge in [-0.2, -0.15) is 13.2 Å². The van der Waals surface area contributed by atoms with Gasteiger partial charge in [0.25, 0.3) is 0 Å². The molecule has 16 heavy (non-hydrogen) atoms. The Morgan fingerprint density at radius 2 is 1.81 bits per heavy atom. The molecule has 0 fully saturated rings. The summed E-state index contributed by atoms with van der Waals surface area (Å²) < 4.78 is 38.1. The predicted molar refractivity (Wildman–Crippen MR) is 55.3 cm³/mol. The van der Waals surface area contributed by atoms with E-state index in [2.05, 4.69) is 0 Å². The summed E-state index contributed by atoms with van der Waals surface area (Å²) in [5.41, 5.74) is -0.591. The summed E-state index contributed by atoms with van der Waals surface area (Å²) in [7, 11) is 0. The fourth-order valence-electron chi connectivity index (χ4n) is 1.42. The highest BCUT2D eigenvalue weighted by Crippen LogP contribution is 2.33. The van der Waals surface area contributed by atoms with Crippen molar-refractivity contribution >= 4 is 5.78 Å². The van der Waals surface area contributed by atoms with E-state index in [0.29, 0.717) is 5.56 Å². The highest BCUT2D eigenvalue weighted by molar-refractivity contribution is 5.99. The van der Waals surface area contributed by atoms with Gasteiger partial charge in [0.15, 0.2) is 5.78 Å². The average Bonchev–Trinajstić information content (AvgIpc) is 2.15. The van der Waals surface area contributed by atoms with Crippen molar-refractivity contribution in [2.75, 3.05) is 0 Å².